The topological polar surface area (TPSA) is 16.6 Å². The van der Waals surface area contributed by atoms with Crippen molar-refractivity contribution in [3.05, 3.63) is 0 Å². The zero-order valence-electron chi connectivity index (χ0n) is 7.10. The molecule has 0 spiro atoms. The summed E-state index contributed by atoms with van der Waals surface area (Å²) < 4.78 is 0. The first-order valence-corrected chi connectivity index (χ1v) is 4.77. The van der Waals surface area contributed by atoms with Gasteiger partial charge in [-0.05, 0) is 32.1 Å². The zero-order chi connectivity index (χ0) is 7.23. The molecule has 1 aliphatic heterocycles. The van der Waals surface area contributed by atoms with Crippen LogP contribution >= 0.6 is 0 Å². The van der Waals surface area contributed by atoms with Crippen LogP contribution in [0, 0.1) is 0 Å². The third-order valence-corrected chi connectivity index (χ3v) is 2.46. The lowest BCUT2D eigenvalue weighted by atomic mass is 10.0. The second-order valence-electron chi connectivity index (χ2n) is 3.42. The van der Waals surface area contributed by atoms with E-state index < -0.39 is 0 Å². The van der Waals surface area contributed by atoms with Crippen molar-refractivity contribution < 1.29 is 5.32 Å². The third kappa shape index (κ3) is 2.70. The average molecular weight is 142 g/mol. The summed E-state index contributed by atoms with van der Waals surface area (Å²) in [5.74, 6) is 0. The molecule has 0 aromatic carbocycles. The first-order valence-electron chi connectivity index (χ1n) is 4.77. The van der Waals surface area contributed by atoms with Crippen LogP contribution in [-0.2, 0) is 0 Å². The minimum atomic E-state index is 0.980. The minimum Gasteiger partial charge on any atom is -0.344 e. The molecular formula is C9H20N+. The average Bonchev–Trinajstić information content (AvgIpc) is 2.03. The summed E-state index contributed by atoms with van der Waals surface area (Å²) in [6.07, 6.45) is 8.65. The molecule has 1 heterocycles. The fourth-order valence-electron chi connectivity index (χ4n) is 1.75. The van der Waals surface area contributed by atoms with Gasteiger partial charge in [-0.1, -0.05) is 13.3 Å². The van der Waals surface area contributed by atoms with E-state index in [1.54, 1.807) is 0 Å². The lowest BCUT2D eigenvalue weighted by Gasteiger charge is -2.19. The molecule has 1 fully saturated rings. The summed E-state index contributed by atoms with van der Waals surface area (Å²) in [5.41, 5.74) is 0. The monoisotopic (exact) mass is 142 g/mol. The summed E-state index contributed by atoms with van der Waals surface area (Å²) in [5, 5.41) is 2.54. The number of nitrogens with two attached hydrogens (primary N) is 1. The molecule has 1 saturated heterocycles. The van der Waals surface area contributed by atoms with Crippen molar-refractivity contribution in [1.29, 1.82) is 0 Å². The van der Waals surface area contributed by atoms with Crippen LogP contribution in [0.4, 0.5) is 0 Å². The van der Waals surface area contributed by atoms with E-state index in [-0.39, 0.29) is 0 Å². The van der Waals surface area contributed by atoms with Gasteiger partial charge in [-0.3, -0.25) is 0 Å². The molecule has 1 nitrogen and oxygen atoms in total. The van der Waals surface area contributed by atoms with Gasteiger partial charge in [0.05, 0.1) is 12.6 Å². The van der Waals surface area contributed by atoms with Crippen LogP contribution in [0.15, 0.2) is 0 Å². The van der Waals surface area contributed by atoms with Crippen molar-refractivity contribution in [3.8, 4) is 0 Å². The SMILES string of the molecule is CCCC[C@H]1CCCC[NH2+]1. The summed E-state index contributed by atoms with van der Waals surface area (Å²) in [6.45, 7) is 3.66. The second kappa shape index (κ2) is 4.73. The fourth-order valence-corrected chi connectivity index (χ4v) is 1.75. The lowest BCUT2D eigenvalue weighted by molar-refractivity contribution is -0.698. The van der Waals surface area contributed by atoms with Gasteiger partial charge in [0.2, 0.25) is 0 Å². The Kier molecular flexibility index (Phi) is 3.81. The Labute approximate surface area is 64.2 Å². The van der Waals surface area contributed by atoms with Crippen LogP contribution in [0.3, 0.4) is 0 Å². The van der Waals surface area contributed by atoms with Crippen molar-refractivity contribution in [3.63, 3.8) is 0 Å². The van der Waals surface area contributed by atoms with Crippen molar-refractivity contribution in [2.24, 2.45) is 0 Å². The van der Waals surface area contributed by atoms with E-state index in [1.807, 2.05) is 0 Å². The number of rotatable bonds is 3. The van der Waals surface area contributed by atoms with Gasteiger partial charge in [-0.15, -0.1) is 0 Å². The number of piperidine rings is 1. The van der Waals surface area contributed by atoms with Crippen LogP contribution in [0.25, 0.3) is 0 Å². The molecular weight excluding hydrogens is 122 g/mol. The molecule has 2 N–H and O–H groups in total. The van der Waals surface area contributed by atoms with E-state index in [9.17, 15) is 0 Å². The van der Waals surface area contributed by atoms with E-state index in [0.717, 1.165) is 6.04 Å². The Hall–Kier alpha value is -0.0400. The second-order valence-corrected chi connectivity index (χ2v) is 3.42. The van der Waals surface area contributed by atoms with Crippen LogP contribution in [-0.4, -0.2) is 12.6 Å². The van der Waals surface area contributed by atoms with Gasteiger partial charge in [0, 0.05) is 0 Å². The molecule has 0 amide bonds. The number of hydrogen-bond acceptors (Lipinski definition) is 0. The van der Waals surface area contributed by atoms with Crippen LogP contribution in [0.1, 0.15) is 45.4 Å². The minimum absolute atomic E-state index is 0.980. The molecule has 1 heteroatoms. The summed E-state index contributed by atoms with van der Waals surface area (Å²) in [4.78, 5) is 0. The Morgan fingerprint density at radius 3 is 2.90 bits per heavy atom. The Bertz CT molecular complexity index is 74.8. The van der Waals surface area contributed by atoms with E-state index in [4.69, 9.17) is 0 Å². The number of unbranched alkanes of at least 4 members (excludes halogenated alkanes) is 1. The highest BCUT2D eigenvalue weighted by atomic mass is 14.9. The van der Waals surface area contributed by atoms with E-state index in [2.05, 4.69) is 12.2 Å². The standard InChI is InChI=1S/C9H19N/c1-2-3-6-9-7-4-5-8-10-9/h9-10H,2-8H2,1H3/p+1/t9-/m0/s1. The molecule has 0 unspecified atom stereocenters. The van der Waals surface area contributed by atoms with Crippen LogP contribution in [0.5, 0.6) is 0 Å². The summed E-state index contributed by atoms with van der Waals surface area (Å²) in [7, 11) is 0. The van der Waals surface area contributed by atoms with Gasteiger partial charge in [0.1, 0.15) is 0 Å². The van der Waals surface area contributed by atoms with Gasteiger partial charge in [-0.25, -0.2) is 0 Å². The zero-order valence-corrected chi connectivity index (χ0v) is 7.10. The van der Waals surface area contributed by atoms with E-state index in [0.29, 0.717) is 0 Å². The highest BCUT2D eigenvalue weighted by Crippen LogP contribution is 2.07. The maximum Gasteiger partial charge on any atom is 0.0859 e. The maximum atomic E-state index is 2.54. The quantitative estimate of drug-likeness (QED) is 0.611. The molecule has 1 rings (SSSR count). The van der Waals surface area contributed by atoms with Gasteiger partial charge < -0.3 is 5.32 Å². The van der Waals surface area contributed by atoms with Crippen molar-refractivity contribution >= 4 is 0 Å². The highest BCUT2D eigenvalue weighted by Gasteiger charge is 2.14. The van der Waals surface area contributed by atoms with Crippen molar-refractivity contribution in [2.75, 3.05) is 6.54 Å². The summed E-state index contributed by atoms with van der Waals surface area (Å²) in [6, 6.07) is 0.980. The third-order valence-electron chi connectivity index (χ3n) is 2.46. The Balaban J connectivity index is 2.02. The van der Waals surface area contributed by atoms with Crippen molar-refractivity contribution in [1.82, 2.24) is 0 Å². The first kappa shape index (κ1) is 8.06. The molecule has 0 aromatic rings. The molecule has 0 bridgehead atoms. The molecule has 10 heavy (non-hydrogen) atoms. The van der Waals surface area contributed by atoms with Gasteiger partial charge in [-0.2, -0.15) is 0 Å². The molecule has 0 radical (unpaired) electrons. The van der Waals surface area contributed by atoms with Crippen LogP contribution in [0.2, 0.25) is 0 Å². The Morgan fingerprint density at radius 1 is 1.40 bits per heavy atom. The molecule has 0 aromatic heterocycles. The van der Waals surface area contributed by atoms with Gasteiger partial charge in [0.25, 0.3) is 0 Å². The molecule has 1 atom stereocenters. The predicted octanol–water partition coefficient (Wildman–Crippen LogP) is 1.29. The molecule has 0 aliphatic carbocycles. The lowest BCUT2D eigenvalue weighted by Crippen LogP contribution is -2.91. The first-order chi connectivity index (χ1) is 4.93. The number of hydrogen-bond donors (Lipinski definition) is 1. The van der Waals surface area contributed by atoms with Crippen LogP contribution < -0.4 is 5.32 Å². The Morgan fingerprint density at radius 2 is 2.30 bits per heavy atom. The molecule has 1 aliphatic rings. The maximum absolute atomic E-state index is 2.54. The smallest absolute Gasteiger partial charge is 0.0859 e. The normalized spacial score (nSPS) is 26.7. The van der Waals surface area contributed by atoms with E-state index >= 15 is 0 Å². The fraction of sp³-hybridized carbons (Fsp3) is 1.00. The molecule has 0 saturated carbocycles. The van der Waals surface area contributed by atoms with Crippen molar-refractivity contribution in [2.45, 2.75) is 51.5 Å². The predicted molar refractivity (Wildman–Crippen MR) is 44.0 cm³/mol. The highest BCUT2D eigenvalue weighted by molar-refractivity contribution is 4.58. The van der Waals surface area contributed by atoms with Gasteiger partial charge >= 0.3 is 0 Å². The molecule has 60 valence electrons. The summed E-state index contributed by atoms with van der Waals surface area (Å²) >= 11 is 0. The number of quaternary nitrogens is 1. The largest absolute Gasteiger partial charge is 0.344 e. The van der Waals surface area contributed by atoms with Gasteiger partial charge in [0.15, 0.2) is 0 Å². The van der Waals surface area contributed by atoms with E-state index in [1.165, 1.54) is 45.1 Å².